The Bertz CT molecular complexity index is 1220. The topological polar surface area (TPSA) is 0 Å². The Kier molecular flexibility index (Phi) is 2.74. The molecule has 0 nitrogen and oxygen atoms in total. The summed E-state index contributed by atoms with van der Waals surface area (Å²) in [7, 11) is 0. The summed E-state index contributed by atoms with van der Waals surface area (Å²) in [5.41, 5.74) is 0. The highest BCUT2D eigenvalue weighted by Gasteiger charge is 2.10. The molecule has 0 heterocycles. The Labute approximate surface area is 142 Å². The van der Waals surface area contributed by atoms with Crippen LogP contribution in [0.4, 0.5) is 0 Å². The van der Waals surface area contributed by atoms with Gasteiger partial charge >= 0.3 is 0 Å². The molecule has 0 aliphatic carbocycles. The molecule has 0 amide bonds. The fourth-order valence-electron chi connectivity index (χ4n) is 3.65. The van der Waals surface area contributed by atoms with Crippen molar-refractivity contribution in [3.8, 4) is 0 Å². The molecule has 0 aliphatic rings. The van der Waals surface area contributed by atoms with Gasteiger partial charge in [0.2, 0.25) is 0 Å². The van der Waals surface area contributed by atoms with Gasteiger partial charge in [0.1, 0.15) is 0 Å². The van der Waals surface area contributed by atoms with Gasteiger partial charge in [-0.2, -0.15) is 0 Å². The summed E-state index contributed by atoms with van der Waals surface area (Å²) in [4.78, 5) is 0. The first-order chi connectivity index (χ1) is 11.3. The number of hydrogen-bond acceptors (Lipinski definition) is 0. The normalized spacial score (nSPS) is 11.7. The molecule has 0 unspecified atom stereocenters. The van der Waals surface area contributed by atoms with Crippen LogP contribution in [0.2, 0.25) is 0 Å². The van der Waals surface area contributed by atoms with Gasteiger partial charge in [-0.1, -0.05) is 88.7 Å². The van der Waals surface area contributed by atoms with Crippen molar-refractivity contribution in [1.82, 2.24) is 0 Å². The van der Waals surface area contributed by atoms with Crippen molar-refractivity contribution in [2.24, 2.45) is 0 Å². The van der Waals surface area contributed by atoms with E-state index in [1.807, 2.05) is 0 Å². The van der Waals surface area contributed by atoms with E-state index in [2.05, 4.69) is 94.8 Å². The molecule has 0 aromatic heterocycles. The lowest BCUT2D eigenvalue weighted by Crippen LogP contribution is -1.84. The lowest BCUT2D eigenvalue weighted by molar-refractivity contribution is 1.75. The van der Waals surface area contributed by atoms with E-state index in [9.17, 15) is 0 Å². The van der Waals surface area contributed by atoms with Gasteiger partial charge in [-0.05, 0) is 49.2 Å². The van der Waals surface area contributed by atoms with E-state index in [4.69, 9.17) is 0 Å². The van der Waals surface area contributed by atoms with E-state index in [1.54, 1.807) is 0 Å². The molecule has 1 heteroatoms. The average molecular weight is 357 g/mol. The van der Waals surface area contributed by atoms with Crippen LogP contribution < -0.4 is 0 Å². The third-order valence-corrected chi connectivity index (χ3v) is 5.33. The maximum Gasteiger partial charge on any atom is 0.0260 e. The van der Waals surface area contributed by atoms with Gasteiger partial charge in [-0.3, -0.25) is 0 Å². The number of benzene rings is 5. The highest BCUT2D eigenvalue weighted by molar-refractivity contribution is 9.10. The van der Waals surface area contributed by atoms with Crippen LogP contribution in [0, 0.1) is 0 Å². The van der Waals surface area contributed by atoms with Gasteiger partial charge < -0.3 is 0 Å². The molecule has 0 atom stereocenters. The van der Waals surface area contributed by atoms with Gasteiger partial charge in [0.25, 0.3) is 0 Å². The van der Waals surface area contributed by atoms with Crippen LogP contribution in [0.3, 0.4) is 0 Å². The van der Waals surface area contributed by atoms with E-state index in [-0.39, 0.29) is 0 Å². The van der Waals surface area contributed by atoms with Gasteiger partial charge in [0.05, 0.1) is 0 Å². The Morgan fingerprint density at radius 3 is 1.87 bits per heavy atom. The number of hydrogen-bond donors (Lipinski definition) is 0. The molecule has 0 fully saturated rings. The molecule has 23 heavy (non-hydrogen) atoms. The van der Waals surface area contributed by atoms with Crippen LogP contribution in [0.25, 0.3) is 43.1 Å². The zero-order valence-corrected chi connectivity index (χ0v) is 14.0. The van der Waals surface area contributed by atoms with Crippen molar-refractivity contribution < 1.29 is 0 Å². The molecule has 0 bridgehead atoms. The van der Waals surface area contributed by atoms with Crippen molar-refractivity contribution in [1.29, 1.82) is 0 Å². The van der Waals surface area contributed by atoms with Crippen LogP contribution in [-0.2, 0) is 0 Å². The van der Waals surface area contributed by atoms with Gasteiger partial charge in [0, 0.05) is 4.47 Å². The predicted octanol–water partition coefficient (Wildman–Crippen LogP) is 7.06. The third kappa shape index (κ3) is 1.83. The Hall–Kier alpha value is -2.38. The van der Waals surface area contributed by atoms with E-state index < -0.39 is 0 Å². The lowest BCUT2D eigenvalue weighted by atomic mass is 9.93. The highest BCUT2D eigenvalue weighted by Crippen LogP contribution is 2.38. The number of rotatable bonds is 0. The molecule has 5 rings (SSSR count). The molecule has 108 valence electrons. The van der Waals surface area contributed by atoms with E-state index >= 15 is 0 Å². The molecular weight excluding hydrogens is 344 g/mol. The maximum atomic E-state index is 3.73. The summed E-state index contributed by atoms with van der Waals surface area (Å²) < 4.78 is 1.15. The Balaban J connectivity index is 2.19. The maximum absolute atomic E-state index is 3.73. The first kappa shape index (κ1) is 13.1. The van der Waals surface area contributed by atoms with Crippen molar-refractivity contribution in [3.63, 3.8) is 0 Å². The first-order valence-electron chi connectivity index (χ1n) is 7.74. The summed E-state index contributed by atoms with van der Waals surface area (Å²) in [5, 5.41) is 10.5. The summed E-state index contributed by atoms with van der Waals surface area (Å²) in [6.45, 7) is 0. The van der Waals surface area contributed by atoms with Crippen LogP contribution >= 0.6 is 15.9 Å². The Morgan fingerprint density at radius 2 is 1.04 bits per heavy atom. The molecule has 5 aromatic rings. The fourth-order valence-corrected chi connectivity index (χ4v) is 4.24. The van der Waals surface area contributed by atoms with E-state index in [0.717, 1.165) is 4.47 Å². The summed E-state index contributed by atoms with van der Waals surface area (Å²) >= 11 is 3.73. The van der Waals surface area contributed by atoms with Gasteiger partial charge in [0.15, 0.2) is 0 Å². The van der Waals surface area contributed by atoms with Gasteiger partial charge in [-0.15, -0.1) is 0 Å². The molecule has 0 spiro atoms. The fraction of sp³-hybridized carbons (Fsp3) is 0. The van der Waals surface area contributed by atoms with E-state index in [0.29, 0.717) is 0 Å². The minimum Gasteiger partial charge on any atom is -0.0616 e. The minimum absolute atomic E-state index is 1.15. The van der Waals surface area contributed by atoms with Crippen molar-refractivity contribution in [2.45, 2.75) is 0 Å². The summed E-state index contributed by atoms with van der Waals surface area (Å²) in [5.74, 6) is 0. The SMILES string of the molecule is Brc1cc2ccc3ccc4ccccc4c3c2c2ccccc12. The largest absolute Gasteiger partial charge is 0.0616 e. The molecule has 0 saturated carbocycles. The summed E-state index contributed by atoms with van der Waals surface area (Å²) in [6.07, 6.45) is 0. The monoisotopic (exact) mass is 356 g/mol. The number of fused-ring (bicyclic) bond motifs is 7. The molecule has 0 N–H and O–H groups in total. The molecular formula is C22H13Br. The quantitative estimate of drug-likeness (QED) is 0.260. The van der Waals surface area contributed by atoms with Crippen LogP contribution in [-0.4, -0.2) is 0 Å². The summed E-state index contributed by atoms with van der Waals surface area (Å²) in [6, 6.07) is 28.4. The molecule has 5 aromatic carbocycles. The zero-order valence-electron chi connectivity index (χ0n) is 12.4. The third-order valence-electron chi connectivity index (χ3n) is 4.68. The van der Waals surface area contributed by atoms with Crippen molar-refractivity contribution >= 4 is 59.0 Å². The molecule has 0 radical (unpaired) electrons. The second kappa shape index (κ2) is 4.81. The van der Waals surface area contributed by atoms with E-state index in [1.165, 1.54) is 43.1 Å². The van der Waals surface area contributed by atoms with Crippen molar-refractivity contribution in [2.75, 3.05) is 0 Å². The molecule has 0 aliphatic heterocycles. The standard InChI is InChI=1S/C22H13Br/c23-20-13-16-12-11-15-10-9-14-5-1-2-6-17(14)21(15)22(16)19-8-4-3-7-18(19)20/h1-13H. The zero-order chi connectivity index (χ0) is 15.4. The second-order valence-electron chi connectivity index (χ2n) is 5.95. The first-order valence-corrected chi connectivity index (χ1v) is 8.54. The average Bonchev–Trinajstić information content (AvgIpc) is 2.61. The Morgan fingerprint density at radius 1 is 0.478 bits per heavy atom. The lowest BCUT2D eigenvalue weighted by Gasteiger charge is -2.12. The second-order valence-corrected chi connectivity index (χ2v) is 6.81. The van der Waals surface area contributed by atoms with Crippen LogP contribution in [0.1, 0.15) is 0 Å². The minimum atomic E-state index is 1.15. The smallest absolute Gasteiger partial charge is 0.0260 e. The molecule has 0 saturated heterocycles. The van der Waals surface area contributed by atoms with Crippen LogP contribution in [0.5, 0.6) is 0 Å². The number of halogens is 1. The van der Waals surface area contributed by atoms with Crippen LogP contribution in [0.15, 0.2) is 83.3 Å². The predicted molar refractivity (Wildman–Crippen MR) is 104 cm³/mol. The highest BCUT2D eigenvalue weighted by atomic mass is 79.9. The van der Waals surface area contributed by atoms with Crippen molar-refractivity contribution in [3.05, 3.63) is 83.3 Å². The van der Waals surface area contributed by atoms with Gasteiger partial charge in [-0.25, -0.2) is 0 Å².